The number of nitrogens with two attached hydrogens (primary N) is 1. The summed E-state index contributed by atoms with van der Waals surface area (Å²) >= 11 is 0. The molecular weight excluding hydrogens is 229 g/mol. The zero-order valence-corrected chi connectivity index (χ0v) is 11.2. The predicted molar refractivity (Wildman–Crippen MR) is 64.8 cm³/mol. The summed E-state index contributed by atoms with van der Waals surface area (Å²) in [6.45, 7) is 8.92. The van der Waals surface area contributed by atoms with Crippen molar-refractivity contribution in [3.63, 3.8) is 0 Å². The molecule has 0 spiro atoms. The third kappa shape index (κ3) is 10.6. The van der Waals surface area contributed by atoms with Crippen LogP contribution in [-0.4, -0.2) is 25.3 Å². The van der Waals surface area contributed by atoms with E-state index in [-0.39, 0.29) is 11.3 Å². The molecule has 2 nitrogen and oxygen atoms in total. The van der Waals surface area contributed by atoms with Gasteiger partial charge in [0.1, 0.15) is 0 Å². The van der Waals surface area contributed by atoms with Crippen molar-refractivity contribution < 1.29 is 13.2 Å². The second kappa shape index (κ2) is 6.59. The first kappa shape index (κ1) is 16.7. The smallest absolute Gasteiger partial charge is 0.330 e. The lowest BCUT2D eigenvalue weighted by molar-refractivity contribution is -0.139. The molecule has 0 rings (SSSR count). The van der Waals surface area contributed by atoms with Crippen LogP contribution in [-0.2, 0) is 0 Å². The molecule has 17 heavy (non-hydrogen) atoms. The molecule has 0 fully saturated rings. The Labute approximate surface area is 102 Å². The molecule has 0 heterocycles. The zero-order valence-electron chi connectivity index (χ0n) is 11.2. The van der Waals surface area contributed by atoms with Crippen molar-refractivity contribution in [2.75, 3.05) is 13.1 Å². The van der Waals surface area contributed by atoms with Gasteiger partial charge in [-0.05, 0) is 37.8 Å². The van der Waals surface area contributed by atoms with E-state index >= 15 is 0 Å². The summed E-state index contributed by atoms with van der Waals surface area (Å²) < 4.78 is 36.4. The van der Waals surface area contributed by atoms with Gasteiger partial charge in [0.25, 0.3) is 0 Å². The van der Waals surface area contributed by atoms with Crippen LogP contribution in [0.5, 0.6) is 0 Å². The standard InChI is InChI=1S/C12H25F3N2/c1-9(5-12(13,14)15)17-8-10(7-16)6-11(2,3)4/h9-10,17H,5-8,16H2,1-4H3. The fourth-order valence-corrected chi connectivity index (χ4v) is 1.89. The highest BCUT2D eigenvalue weighted by Crippen LogP contribution is 2.24. The summed E-state index contributed by atoms with van der Waals surface area (Å²) in [5.41, 5.74) is 5.78. The van der Waals surface area contributed by atoms with E-state index in [1.54, 1.807) is 6.92 Å². The quantitative estimate of drug-likeness (QED) is 0.765. The lowest BCUT2D eigenvalue weighted by Gasteiger charge is -2.26. The molecule has 0 aromatic rings. The van der Waals surface area contributed by atoms with Gasteiger partial charge in [-0.3, -0.25) is 0 Å². The van der Waals surface area contributed by atoms with Crippen molar-refractivity contribution in [2.45, 2.75) is 52.8 Å². The van der Waals surface area contributed by atoms with Crippen LogP contribution < -0.4 is 11.1 Å². The van der Waals surface area contributed by atoms with E-state index in [0.29, 0.717) is 13.1 Å². The van der Waals surface area contributed by atoms with Crippen molar-refractivity contribution in [2.24, 2.45) is 17.1 Å². The second-order valence-electron chi connectivity index (χ2n) is 6.00. The maximum Gasteiger partial charge on any atom is 0.390 e. The summed E-state index contributed by atoms with van der Waals surface area (Å²) in [6, 6.07) is -0.552. The maximum atomic E-state index is 12.1. The van der Waals surface area contributed by atoms with Crippen LogP contribution in [0.3, 0.4) is 0 Å². The van der Waals surface area contributed by atoms with Crippen molar-refractivity contribution in [3.8, 4) is 0 Å². The van der Waals surface area contributed by atoms with E-state index in [2.05, 4.69) is 26.1 Å². The number of hydrogen-bond acceptors (Lipinski definition) is 2. The summed E-state index contributed by atoms with van der Waals surface area (Å²) in [5.74, 6) is 0.227. The normalized spacial score (nSPS) is 16.9. The minimum Gasteiger partial charge on any atom is -0.330 e. The maximum absolute atomic E-state index is 12.1. The molecule has 3 N–H and O–H groups in total. The lowest BCUT2D eigenvalue weighted by Crippen LogP contribution is -2.38. The van der Waals surface area contributed by atoms with Crippen LogP contribution in [0.1, 0.15) is 40.5 Å². The highest BCUT2D eigenvalue weighted by Gasteiger charge is 2.30. The van der Waals surface area contributed by atoms with E-state index in [4.69, 9.17) is 5.73 Å². The molecule has 5 heteroatoms. The van der Waals surface area contributed by atoms with Gasteiger partial charge >= 0.3 is 6.18 Å². The number of rotatable bonds is 6. The minimum atomic E-state index is -4.10. The van der Waals surface area contributed by atoms with E-state index in [1.165, 1.54) is 0 Å². The van der Waals surface area contributed by atoms with Crippen LogP contribution in [0.15, 0.2) is 0 Å². The molecule has 0 aliphatic heterocycles. The molecule has 0 radical (unpaired) electrons. The number of halogens is 3. The van der Waals surface area contributed by atoms with Crippen LogP contribution in [0.4, 0.5) is 13.2 Å². The average molecular weight is 254 g/mol. The fourth-order valence-electron chi connectivity index (χ4n) is 1.89. The van der Waals surface area contributed by atoms with Crippen molar-refractivity contribution in [1.29, 1.82) is 0 Å². The largest absolute Gasteiger partial charge is 0.390 e. The van der Waals surface area contributed by atoms with Gasteiger partial charge in [0.05, 0.1) is 6.42 Å². The summed E-state index contributed by atoms with van der Waals surface area (Å²) in [7, 11) is 0. The van der Waals surface area contributed by atoms with Gasteiger partial charge in [-0.25, -0.2) is 0 Å². The van der Waals surface area contributed by atoms with Crippen LogP contribution in [0, 0.1) is 11.3 Å². The van der Waals surface area contributed by atoms with Crippen LogP contribution >= 0.6 is 0 Å². The molecular formula is C12H25F3N2. The van der Waals surface area contributed by atoms with E-state index in [1.807, 2.05) is 0 Å². The molecule has 0 bridgehead atoms. The molecule has 2 unspecified atom stereocenters. The molecule has 0 aliphatic rings. The van der Waals surface area contributed by atoms with Crippen molar-refractivity contribution >= 4 is 0 Å². The van der Waals surface area contributed by atoms with Gasteiger partial charge in [0.2, 0.25) is 0 Å². The van der Waals surface area contributed by atoms with Crippen LogP contribution in [0.2, 0.25) is 0 Å². The topological polar surface area (TPSA) is 38.0 Å². The van der Waals surface area contributed by atoms with E-state index in [9.17, 15) is 13.2 Å². The van der Waals surface area contributed by atoms with Gasteiger partial charge in [0.15, 0.2) is 0 Å². The molecule has 104 valence electrons. The van der Waals surface area contributed by atoms with Gasteiger partial charge in [-0.15, -0.1) is 0 Å². The average Bonchev–Trinajstić information content (AvgIpc) is 2.07. The third-order valence-electron chi connectivity index (χ3n) is 2.53. The molecule has 2 atom stereocenters. The molecule has 0 aliphatic carbocycles. The Bertz CT molecular complexity index is 209. The SMILES string of the molecule is CC(CC(F)(F)F)NCC(CN)CC(C)(C)C. The second-order valence-corrected chi connectivity index (χ2v) is 6.00. The first-order chi connectivity index (χ1) is 7.53. The number of alkyl halides is 3. The Morgan fingerprint density at radius 2 is 1.65 bits per heavy atom. The monoisotopic (exact) mass is 254 g/mol. The summed E-state index contributed by atoms with van der Waals surface area (Å²) in [6.07, 6.45) is -3.98. The molecule has 0 saturated heterocycles. The fraction of sp³-hybridized carbons (Fsp3) is 1.00. The third-order valence-corrected chi connectivity index (χ3v) is 2.53. The lowest BCUT2D eigenvalue weighted by atomic mass is 9.84. The van der Waals surface area contributed by atoms with Crippen molar-refractivity contribution in [3.05, 3.63) is 0 Å². The van der Waals surface area contributed by atoms with Gasteiger partial charge < -0.3 is 11.1 Å². The molecule has 0 aromatic heterocycles. The minimum absolute atomic E-state index is 0.152. The van der Waals surface area contributed by atoms with Gasteiger partial charge in [-0.1, -0.05) is 20.8 Å². The van der Waals surface area contributed by atoms with Crippen LogP contribution in [0.25, 0.3) is 0 Å². The summed E-state index contributed by atoms with van der Waals surface area (Å²) in [5, 5.41) is 2.91. The zero-order chi connectivity index (χ0) is 13.7. The Morgan fingerprint density at radius 3 is 2.00 bits per heavy atom. The highest BCUT2D eigenvalue weighted by molar-refractivity contribution is 4.74. The van der Waals surface area contributed by atoms with Gasteiger partial charge in [0, 0.05) is 6.04 Å². The molecule has 0 aromatic carbocycles. The first-order valence-corrected chi connectivity index (χ1v) is 6.03. The Kier molecular flexibility index (Phi) is 6.48. The van der Waals surface area contributed by atoms with Gasteiger partial charge in [-0.2, -0.15) is 13.2 Å². The highest BCUT2D eigenvalue weighted by atomic mass is 19.4. The number of hydrogen-bond donors (Lipinski definition) is 2. The molecule has 0 amide bonds. The predicted octanol–water partition coefficient (Wildman–Crippen LogP) is 2.93. The Hall–Kier alpha value is -0.290. The van der Waals surface area contributed by atoms with E-state index < -0.39 is 18.6 Å². The number of nitrogens with one attached hydrogen (secondary N) is 1. The Balaban J connectivity index is 3.99. The van der Waals surface area contributed by atoms with Crippen molar-refractivity contribution in [1.82, 2.24) is 5.32 Å². The van der Waals surface area contributed by atoms with E-state index in [0.717, 1.165) is 6.42 Å². The molecule has 0 saturated carbocycles. The first-order valence-electron chi connectivity index (χ1n) is 6.03. The Morgan fingerprint density at radius 1 is 1.12 bits per heavy atom. The summed E-state index contributed by atoms with van der Waals surface area (Å²) in [4.78, 5) is 0.